The van der Waals surface area contributed by atoms with Gasteiger partial charge in [-0.25, -0.2) is 0 Å². The van der Waals surface area contributed by atoms with Crippen molar-refractivity contribution < 1.29 is 14.3 Å². The highest BCUT2D eigenvalue weighted by Crippen LogP contribution is 1.98. The van der Waals surface area contributed by atoms with Crippen LogP contribution in [0, 0.1) is 0 Å². The molecular formula is C13H27NO3. The van der Waals surface area contributed by atoms with Crippen LogP contribution in [0.2, 0.25) is 0 Å². The van der Waals surface area contributed by atoms with Crippen LogP contribution >= 0.6 is 0 Å². The van der Waals surface area contributed by atoms with Crippen molar-refractivity contribution in [1.82, 2.24) is 5.32 Å². The first kappa shape index (κ1) is 16.4. The van der Waals surface area contributed by atoms with Gasteiger partial charge in [0.05, 0.1) is 13.0 Å². The summed E-state index contributed by atoms with van der Waals surface area (Å²) in [4.78, 5) is 11.3. The molecule has 0 amide bonds. The van der Waals surface area contributed by atoms with Crippen LogP contribution in [-0.4, -0.2) is 37.9 Å². The second kappa shape index (κ2) is 9.42. The van der Waals surface area contributed by atoms with Gasteiger partial charge < -0.3 is 14.8 Å². The van der Waals surface area contributed by atoms with E-state index in [1.54, 1.807) is 0 Å². The number of rotatable bonds is 9. The van der Waals surface area contributed by atoms with Crippen molar-refractivity contribution >= 4 is 5.97 Å². The van der Waals surface area contributed by atoms with Crippen LogP contribution in [0.4, 0.5) is 0 Å². The number of carbonyl (C=O) groups excluding carboxylic acids is 1. The quantitative estimate of drug-likeness (QED) is 0.499. The fraction of sp³-hybridized carbons (Fsp3) is 0.923. The average Bonchev–Trinajstić information content (AvgIpc) is 2.21. The summed E-state index contributed by atoms with van der Waals surface area (Å²) in [7, 11) is 0. The number of hydrogen-bond acceptors (Lipinski definition) is 4. The highest BCUT2D eigenvalue weighted by atomic mass is 16.6. The smallest absolute Gasteiger partial charge is 0.307 e. The van der Waals surface area contributed by atoms with E-state index in [0.717, 1.165) is 19.4 Å². The molecule has 1 N–H and O–H groups in total. The van der Waals surface area contributed by atoms with E-state index in [9.17, 15) is 4.79 Å². The zero-order chi connectivity index (χ0) is 13.1. The monoisotopic (exact) mass is 245 g/mol. The van der Waals surface area contributed by atoms with Crippen LogP contribution in [0.1, 0.15) is 47.0 Å². The summed E-state index contributed by atoms with van der Waals surface area (Å²) in [5.74, 6) is -0.166. The predicted molar refractivity (Wildman–Crippen MR) is 69.1 cm³/mol. The van der Waals surface area contributed by atoms with Gasteiger partial charge >= 0.3 is 5.97 Å². The molecule has 0 saturated carbocycles. The summed E-state index contributed by atoms with van der Waals surface area (Å²) in [6.45, 7) is 10.6. The number of carbonyl (C=O) groups is 1. The van der Waals surface area contributed by atoms with Gasteiger partial charge in [0.2, 0.25) is 0 Å². The van der Waals surface area contributed by atoms with Crippen molar-refractivity contribution in [3.8, 4) is 0 Å². The van der Waals surface area contributed by atoms with E-state index in [0.29, 0.717) is 26.2 Å². The molecule has 0 aliphatic rings. The lowest BCUT2D eigenvalue weighted by Crippen LogP contribution is -2.37. The molecule has 0 saturated heterocycles. The first-order valence-electron chi connectivity index (χ1n) is 6.44. The minimum Gasteiger partial charge on any atom is -0.463 e. The lowest BCUT2D eigenvalue weighted by atomic mass is 10.1. The molecule has 0 heterocycles. The lowest BCUT2D eigenvalue weighted by molar-refractivity contribution is -0.145. The number of ether oxygens (including phenoxy) is 2. The SMILES string of the molecule is CCCCOCCOC(=O)CCNC(C)(C)C. The Labute approximate surface area is 105 Å². The minimum absolute atomic E-state index is 0.0452. The van der Waals surface area contributed by atoms with Gasteiger partial charge in [0.15, 0.2) is 0 Å². The molecule has 4 heteroatoms. The molecule has 0 radical (unpaired) electrons. The van der Waals surface area contributed by atoms with Crippen molar-refractivity contribution in [2.45, 2.75) is 52.5 Å². The number of hydrogen-bond donors (Lipinski definition) is 1. The van der Waals surface area contributed by atoms with Crippen molar-refractivity contribution in [3.63, 3.8) is 0 Å². The molecule has 0 unspecified atom stereocenters. The number of esters is 1. The van der Waals surface area contributed by atoms with Gasteiger partial charge in [-0.2, -0.15) is 0 Å². The largest absolute Gasteiger partial charge is 0.463 e. The Bertz CT molecular complexity index is 199. The van der Waals surface area contributed by atoms with Gasteiger partial charge in [-0.3, -0.25) is 4.79 Å². The standard InChI is InChI=1S/C13H27NO3/c1-5-6-9-16-10-11-17-12(15)7-8-14-13(2,3)4/h14H,5-11H2,1-4H3. The van der Waals surface area contributed by atoms with Crippen LogP contribution < -0.4 is 5.32 Å². The molecule has 0 aromatic rings. The Balaban J connectivity index is 3.29. The molecule has 0 rings (SSSR count). The van der Waals surface area contributed by atoms with Crippen molar-refractivity contribution in [3.05, 3.63) is 0 Å². The Morgan fingerprint density at radius 3 is 2.47 bits per heavy atom. The van der Waals surface area contributed by atoms with Gasteiger partial charge in [0, 0.05) is 18.7 Å². The third-order valence-corrected chi connectivity index (χ3v) is 2.12. The topological polar surface area (TPSA) is 47.6 Å². The first-order chi connectivity index (χ1) is 7.95. The summed E-state index contributed by atoms with van der Waals surface area (Å²) in [5.41, 5.74) is 0.0452. The maximum absolute atomic E-state index is 11.3. The van der Waals surface area contributed by atoms with E-state index in [-0.39, 0.29) is 11.5 Å². The Morgan fingerprint density at radius 2 is 1.88 bits per heavy atom. The van der Waals surface area contributed by atoms with E-state index >= 15 is 0 Å². The molecule has 0 bridgehead atoms. The predicted octanol–water partition coefficient (Wildman–Crippen LogP) is 2.12. The average molecular weight is 245 g/mol. The van der Waals surface area contributed by atoms with Crippen LogP contribution in [0.5, 0.6) is 0 Å². The number of nitrogens with one attached hydrogen (secondary N) is 1. The van der Waals surface area contributed by atoms with Gasteiger partial charge in [-0.15, -0.1) is 0 Å². The van der Waals surface area contributed by atoms with Crippen LogP contribution in [-0.2, 0) is 14.3 Å². The molecule has 0 aliphatic heterocycles. The molecular weight excluding hydrogens is 218 g/mol. The molecule has 0 aromatic heterocycles. The van der Waals surface area contributed by atoms with Crippen molar-refractivity contribution in [2.24, 2.45) is 0 Å². The highest BCUT2D eigenvalue weighted by molar-refractivity contribution is 5.69. The molecule has 102 valence electrons. The van der Waals surface area contributed by atoms with Crippen molar-refractivity contribution in [1.29, 1.82) is 0 Å². The number of unbranched alkanes of at least 4 members (excludes halogenated alkanes) is 1. The van der Waals surface area contributed by atoms with Crippen LogP contribution in [0.15, 0.2) is 0 Å². The zero-order valence-electron chi connectivity index (χ0n) is 11.7. The van der Waals surface area contributed by atoms with Gasteiger partial charge in [0.25, 0.3) is 0 Å². The summed E-state index contributed by atoms with van der Waals surface area (Å²) >= 11 is 0. The maximum Gasteiger partial charge on any atom is 0.307 e. The third-order valence-electron chi connectivity index (χ3n) is 2.12. The van der Waals surface area contributed by atoms with E-state index < -0.39 is 0 Å². The Hall–Kier alpha value is -0.610. The minimum atomic E-state index is -0.166. The van der Waals surface area contributed by atoms with Crippen LogP contribution in [0.25, 0.3) is 0 Å². The van der Waals surface area contributed by atoms with Crippen molar-refractivity contribution in [2.75, 3.05) is 26.4 Å². The molecule has 0 aromatic carbocycles. The van der Waals surface area contributed by atoms with Gasteiger partial charge in [-0.1, -0.05) is 13.3 Å². The van der Waals surface area contributed by atoms with Gasteiger partial charge in [0.1, 0.15) is 6.61 Å². The molecule has 0 aliphatic carbocycles. The second-order valence-electron chi connectivity index (χ2n) is 5.11. The maximum atomic E-state index is 11.3. The molecule has 17 heavy (non-hydrogen) atoms. The molecule has 0 atom stereocenters. The summed E-state index contributed by atoms with van der Waals surface area (Å²) in [6, 6.07) is 0. The zero-order valence-corrected chi connectivity index (χ0v) is 11.7. The first-order valence-corrected chi connectivity index (χ1v) is 6.44. The van der Waals surface area contributed by atoms with Gasteiger partial charge in [-0.05, 0) is 27.2 Å². The van der Waals surface area contributed by atoms with E-state index in [1.165, 1.54) is 0 Å². The third kappa shape index (κ3) is 13.3. The highest BCUT2D eigenvalue weighted by Gasteiger charge is 2.09. The Morgan fingerprint density at radius 1 is 1.18 bits per heavy atom. The van der Waals surface area contributed by atoms with Crippen LogP contribution in [0.3, 0.4) is 0 Å². The van der Waals surface area contributed by atoms with E-state index in [4.69, 9.17) is 9.47 Å². The fourth-order valence-corrected chi connectivity index (χ4v) is 1.17. The normalized spacial score (nSPS) is 11.5. The molecule has 0 fully saturated rings. The van der Waals surface area contributed by atoms with E-state index in [1.807, 2.05) is 0 Å². The molecule has 4 nitrogen and oxygen atoms in total. The lowest BCUT2D eigenvalue weighted by Gasteiger charge is -2.19. The van der Waals surface area contributed by atoms with E-state index in [2.05, 4.69) is 33.0 Å². The fourth-order valence-electron chi connectivity index (χ4n) is 1.17. The summed E-state index contributed by atoms with van der Waals surface area (Å²) < 4.78 is 10.3. The summed E-state index contributed by atoms with van der Waals surface area (Å²) in [6.07, 6.45) is 2.59. The second-order valence-corrected chi connectivity index (χ2v) is 5.11. The Kier molecular flexibility index (Phi) is 9.09. The summed E-state index contributed by atoms with van der Waals surface area (Å²) in [5, 5.41) is 3.24. The molecule has 0 spiro atoms.